The fraction of sp³-hybridized carbons (Fsp3) is 0. The van der Waals surface area contributed by atoms with E-state index in [2.05, 4.69) is 12.3 Å². The van der Waals surface area contributed by atoms with Crippen LogP contribution < -0.4 is 0 Å². The first-order valence-electron chi connectivity index (χ1n) is 2.03. The van der Waals surface area contributed by atoms with Gasteiger partial charge in [-0.25, -0.2) is 4.79 Å². The molecule has 0 unspecified atom stereocenters. The summed E-state index contributed by atoms with van der Waals surface area (Å²) in [7, 11) is 0. The second-order valence-electron chi connectivity index (χ2n) is 1.07. The van der Waals surface area contributed by atoms with Crippen molar-refractivity contribution in [3.05, 3.63) is 30.5 Å². The van der Waals surface area contributed by atoms with Crippen LogP contribution in [0.5, 0.6) is 0 Å². The number of carboxylic acids is 1. The van der Waals surface area contributed by atoms with Crippen LogP contribution in [0, 0.1) is 0 Å². The van der Waals surface area contributed by atoms with Gasteiger partial charge in [0.05, 0.1) is 0 Å². The predicted molar refractivity (Wildman–Crippen MR) is 30.5 cm³/mol. The lowest BCUT2D eigenvalue weighted by molar-refractivity contribution is -0.131. The van der Waals surface area contributed by atoms with E-state index in [0.29, 0.717) is 0 Å². The molecule has 1 N–H and O–H groups in total. The van der Waals surface area contributed by atoms with Crippen LogP contribution in [0.2, 0.25) is 0 Å². The molecule has 2 nitrogen and oxygen atoms in total. The molecule has 8 heavy (non-hydrogen) atoms. The van der Waals surface area contributed by atoms with Crippen molar-refractivity contribution in [3.63, 3.8) is 0 Å². The van der Waals surface area contributed by atoms with Crippen molar-refractivity contribution < 1.29 is 9.90 Å². The highest BCUT2D eigenvalue weighted by Gasteiger charge is 1.78. The van der Waals surface area contributed by atoms with Crippen LogP contribution in [0.15, 0.2) is 30.5 Å². The molecule has 0 amide bonds. The van der Waals surface area contributed by atoms with Gasteiger partial charge in [0.25, 0.3) is 0 Å². The quantitative estimate of drug-likeness (QED) is 0.326. The second kappa shape index (κ2) is 3.90. The Balaban J connectivity index is 3.67. The number of rotatable bonds is 2. The van der Waals surface area contributed by atoms with Crippen molar-refractivity contribution in [1.82, 2.24) is 0 Å². The molecule has 0 aliphatic carbocycles. The van der Waals surface area contributed by atoms with Gasteiger partial charge in [0.1, 0.15) is 0 Å². The summed E-state index contributed by atoms with van der Waals surface area (Å²) >= 11 is 0. The number of aliphatic carboxylic acids is 1. The highest BCUT2D eigenvalue weighted by molar-refractivity contribution is 5.80. The fourth-order valence-electron chi connectivity index (χ4n) is 0.198. The molecule has 0 radical (unpaired) electrons. The van der Waals surface area contributed by atoms with Crippen molar-refractivity contribution in [2.45, 2.75) is 0 Å². The number of hydrogen-bond acceptors (Lipinski definition) is 1. The standard InChI is InChI=1S/C6H6O2/c1-2-3-4-5-6(7)8/h3-5H,1H2,(H,7,8)/b5-4+. The molecule has 0 aromatic heterocycles. The van der Waals surface area contributed by atoms with Gasteiger partial charge in [0.2, 0.25) is 0 Å². The summed E-state index contributed by atoms with van der Waals surface area (Å²) in [6.45, 7) is 3.23. The van der Waals surface area contributed by atoms with Crippen molar-refractivity contribution >= 4 is 5.97 Å². The summed E-state index contributed by atoms with van der Waals surface area (Å²) in [6, 6.07) is 0. The third-order valence-electron chi connectivity index (χ3n) is 0.453. The van der Waals surface area contributed by atoms with Crippen molar-refractivity contribution in [1.29, 1.82) is 0 Å². The van der Waals surface area contributed by atoms with Crippen LogP contribution in [-0.4, -0.2) is 11.1 Å². The minimum absolute atomic E-state index is 0.962. The van der Waals surface area contributed by atoms with Crippen LogP contribution in [0.3, 0.4) is 0 Å². The first-order valence-corrected chi connectivity index (χ1v) is 2.03. The van der Waals surface area contributed by atoms with Gasteiger partial charge in [-0.15, -0.1) is 5.73 Å². The summed E-state index contributed by atoms with van der Waals surface area (Å²) in [5, 5.41) is 7.99. The van der Waals surface area contributed by atoms with Gasteiger partial charge < -0.3 is 5.11 Å². The van der Waals surface area contributed by atoms with E-state index in [4.69, 9.17) is 5.11 Å². The fourth-order valence-corrected chi connectivity index (χ4v) is 0.198. The monoisotopic (exact) mass is 110 g/mol. The van der Waals surface area contributed by atoms with Crippen molar-refractivity contribution in [2.75, 3.05) is 0 Å². The summed E-state index contributed by atoms with van der Waals surface area (Å²) in [5.74, 6) is -0.962. The smallest absolute Gasteiger partial charge is 0.328 e. The van der Waals surface area contributed by atoms with E-state index in [1.54, 1.807) is 0 Å². The van der Waals surface area contributed by atoms with E-state index < -0.39 is 5.97 Å². The molecule has 0 aliphatic heterocycles. The highest BCUT2D eigenvalue weighted by atomic mass is 16.4. The lowest BCUT2D eigenvalue weighted by Gasteiger charge is -1.70. The zero-order valence-electron chi connectivity index (χ0n) is 4.29. The molecular formula is C6H6O2. The van der Waals surface area contributed by atoms with Crippen molar-refractivity contribution in [3.8, 4) is 0 Å². The van der Waals surface area contributed by atoms with Gasteiger partial charge in [-0.1, -0.05) is 6.58 Å². The third-order valence-corrected chi connectivity index (χ3v) is 0.453. The molecule has 0 aromatic rings. The molecule has 0 fully saturated rings. The molecule has 0 heterocycles. The van der Waals surface area contributed by atoms with Gasteiger partial charge >= 0.3 is 5.97 Å². The Morgan fingerprint density at radius 1 is 1.75 bits per heavy atom. The van der Waals surface area contributed by atoms with Crippen LogP contribution in [-0.2, 0) is 4.79 Å². The Morgan fingerprint density at radius 2 is 2.38 bits per heavy atom. The first-order chi connectivity index (χ1) is 3.77. The van der Waals surface area contributed by atoms with E-state index in [-0.39, 0.29) is 0 Å². The number of carbonyl (C=O) groups is 1. The average Bonchev–Trinajstić information content (AvgIpc) is 1.66. The zero-order valence-corrected chi connectivity index (χ0v) is 4.29. The summed E-state index contributed by atoms with van der Waals surface area (Å²) in [6.07, 6.45) is 3.79. The van der Waals surface area contributed by atoms with E-state index >= 15 is 0 Å². The number of carboxylic acid groups (broad SMARTS) is 1. The minimum Gasteiger partial charge on any atom is -0.478 e. The van der Waals surface area contributed by atoms with Crippen molar-refractivity contribution in [2.24, 2.45) is 0 Å². The Labute approximate surface area is 47.5 Å². The molecule has 0 aromatic carbocycles. The lowest BCUT2D eigenvalue weighted by Crippen LogP contribution is -1.83. The average molecular weight is 110 g/mol. The van der Waals surface area contributed by atoms with Gasteiger partial charge in [0, 0.05) is 6.08 Å². The van der Waals surface area contributed by atoms with Gasteiger partial charge in [-0.2, -0.15) is 0 Å². The van der Waals surface area contributed by atoms with Gasteiger partial charge in [0.15, 0.2) is 0 Å². The molecule has 0 aliphatic rings. The molecule has 0 saturated heterocycles. The number of allylic oxidation sites excluding steroid dienone is 2. The minimum atomic E-state index is -0.962. The maximum Gasteiger partial charge on any atom is 0.328 e. The van der Waals surface area contributed by atoms with Crippen LogP contribution in [0.25, 0.3) is 0 Å². The van der Waals surface area contributed by atoms with Crippen LogP contribution in [0.4, 0.5) is 0 Å². The van der Waals surface area contributed by atoms with E-state index in [1.807, 2.05) is 0 Å². The molecule has 0 bridgehead atoms. The number of hydrogen-bond donors (Lipinski definition) is 1. The van der Waals surface area contributed by atoms with Crippen LogP contribution in [0.1, 0.15) is 0 Å². The summed E-state index contributed by atoms with van der Waals surface area (Å²) in [5.41, 5.74) is 2.40. The Hall–Kier alpha value is -1.27. The highest BCUT2D eigenvalue weighted by Crippen LogP contribution is 1.71. The second-order valence-corrected chi connectivity index (χ2v) is 1.07. The van der Waals surface area contributed by atoms with Gasteiger partial charge in [-0.3, -0.25) is 0 Å². The SMILES string of the molecule is C=C=C/C=C/C(=O)O. The Bertz CT molecular complexity index is 146. The lowest BCUT2D eigenvalue weighted by atomic mass is 10.5. The Kier molecular flexibility index (Phi) is 3.28. The largest absolute Gasteiger partial charge is 0.478 e. The molecule has 0 rings (SSSR count). The Morgan fingerprint density at radius 3 is 2.75 bits per heavy atom. The van der Waals surface area contributed by atoms with E-state index in [9.17, 15) is 4.79 Å². The molecule has 0 saturated carbocycles. The van der Waals surface area contributed by atoms with Gasteiger partial charge in [-0.05, 0) is 12.2 Å². The maximum atomic E-state index is 9.72. The molecule has 42 valence electrons. The predicted octanol–water partition coefficient (Wildman–Crippen LogP) is 0.968. The third kappa shape index (κ3) is 4.73. The molecule has 0 atom stereocenters. The first kappa shape index (κ1) is 6.73. The van der Waals surface area contributed by atoms with Crippen LogP contribution >= 0.6 is 0 Å². The summed E-state index contributed by atoms with van der Waals surface area (Å²) in [4.78, 5) is 9.72. The molecule has 2 heteroatoms. The topological polar surface area (TPSA) is 37.3 Å². The maximum absolute atomic E-state index is 9.72. The summed E-state index contributed by atoms with van der Waals surface area (Å²) < 4.78 is 0. The molecular weight excluding hydrogens is 104 g/mol. The molecule has 0 spiro atoms. The van der Waals surface area contributed by atoms with E-state index in [0.717, 1.165) is 6.08 Å². The van der Waals surface area contributed by atoms with E-state index in [1.165, 1.54) is 12.2 Å². The normalized spacial score (nSPS) is 8.50. The zero-order chi connectivity index (χ0) is 6.41.